The molecule has 2 aromatic carbocycles. The maximum absolute atomic E-state index is 6.48. The van der Waals surface area contributed by atoms with Crippen LogP contribution in [0.2, 0.25) is 0 Å². The van der Waals surface area contributed by atoms with Crippen LogP contribution in [0.1, 0.15) is 98.8 Å². The van der Waals surface area contributed by atoms with Crippen LogP contribution in [0, 0.1) is 0 Å². The first-order valence-electron chi connectivity index (χ1n) is 15.0. The lowest BCUT2D eigenvalue weighted by atomic mass is 9.99. The van der Waals surface area contributed by atoms with E-state index in [2.05, 4.69) is 89.2 Å². The summed E-state index contributed by atoms with van der Waals surface area (Å²) in [5.74, 6) is 1.91. The molecular formula is C34H50O2P+. The molecule has 2 fully saturated rings. The van der Waals surface area contributed by atoms with Gasteiger partial charge < -0.3 is 9.47 Å². The molecule has 0 heterocycles. The second-order valence-corrected chi connectivity index (χ2v) is 15.9. The van der Waals surface area contributed by atoms with Crippen molar-refractivity contribution in [3.05, 3.63) is 54.6 Å². The Labute approximate surface area is 227 Å². The van der Waals surface area contributed by atoms with E-state index in [1.54, 1.807) is 5.30 Å². The molecule has 202 valence electrons. The first-order chi connectivity index (χ1) is 18.0. The second-order valence-electron chi connectivity index (χ2n) is 11.7. The molecule has 0 saturated heterocycles. The third-order valence-corrected chi connectivity index (χ3v) is 14.2. The van der Waals surface area contributed by atoms with Crippen molar-refractivity contribution >= 4 is 12.6 Å². The predicted molar refractivity (Wildman–Crippen MR) is 163 cm³/mol. The minimum atomic E-state index is -1.52. The highest BCUT2D eigenvalue weighted by molar-refractivity contribution is 7.84. The standard InChI is InChI=1S/C34H50O2P/c1-6-7-25-37(28-17-10-8-11-18-28,29-19-12-9-13-20-29)33-24-15-14-21-30(33)34-31(35-26(2)3)22-16-23-32(34)36-27(4)5/h6-7,14-16,21-24,26-29H,8-13,17-20,25H2,1-5H3/q+1. The highest BCUT2D eigenvalue weighted by Gasteiger charge is 2.54. The van der Waals surface area contributed by atoms with E-state index in [0.717, 1.165) is 28.4 Å². The zero-order valence-corrected chi connectivity index (χ0v) is 24.9. The van der Waals surface area contributed by atoms with Crippen LogP contribution in [0.3, 0.4) is 0 Å². The van der Waals surface area contributed by atoms with E-state index in [0.29, 0.717) is 0 Å². The average molecular weight is 522 g/mol. The van der Waals surface area contributed by atoms with Crippen molar-refractivity contribution in [3.63, 3.8) is 0 Å². The van der Waals surface area contributed by atoms with E-state index in [-0.39, 0.29) is 12.2 Å². The van der Waals surface area contributed by atoms with Crippen molar-refractivity contribution in [2.45, 2.75) is 122 Å². The van der Waals surface area contributed by atoms with Crippen LogP contribution < -0.4 is 14.8 Å². The molecule has 0 N–H and O–H groups in total. The first kappa shape index (κ1) is 28.2. The van der Waals surface area contributed by atoms with Gasteiger partial charge in [-0.05, 0) is 104 Å². The molecule has 4 rings (SSSR count). The van der Waals surface area contributed by atoms with Gasteiger partial charge in [-0.2, -0.15) is 0 Å². The molecule has 0 atom stereocenters. The minimum absolute atomic E-state index is 0.111. The fourth-order valence-electron chi connectivity index (χ4n) is 6.98. The predicted octanol–water partition coefficient (Wildman–Crippen LogP) is 9.81. The summed E-state index contributed by atoms with van der Waals surface area (Å²) in [6.45, 7) is 10.7. The van der Waals surface area contributed by atoms with Crippen LogP contribution >= 0.6 is 7.26 Å². The normalized spacial score (nSPS) is 18.1. The topological polar surface area (TPSA) is 18.5 Å². The lowest BCUT2D eigenvalue weighted by Gasteiger charge is -2.44. The molecule has 2 aromatic rings. The van der Waals surface area contributed by atoms with Crippen molar-refractivity contribution in [1.29, 1.82) is 0 Å². The number of ether oxygens (including phenoxy) is 2. The summed E-state index contributed by atoms with van der Waals surface area (Å²) in [7, 11) is -1.52. The molecule has 0 spiro atoms. The lowest BCUT2D eigenvalue weighted by molar-refractivity contribution is 0.231. The molecule has 2 nitrogen and oxygen atoms in total. The molecule has 0 amide bonds. The average Bonchev–Trinajstić information content (AvgIpc) is 2.90. The molecule has 2 aliphatic rings. The van der Waals surface area contributed by atoms with Gasteiger partial charge in [0.15, 0.2) is 0 Å². The summed E-state index contributed by atoms with van der Waals surface area (Å²) in [5, 5.41) is 1.64. The van der Waals surface area contributed by atoms with Crippen LogP contribution in [0.4, 0.5) is 0 Å². The van der Waals surface area contributed by atoms with Crippen molar-refractivity contribution in [2.24, 2.45) is 0 Å². The van der Waals surface area contributed by atoms with E-state index in [9.17, 15) is 0 Å². The number of benzene rings is 2. The summed E-state index contributed by atoms with van der Waals surface area (Å²) in [6.07, 6.45) is 20.3. The molecule has 2 aliphatic carbocycles. The van der Waals surface area contributed by atoms with Gasteiger partial charge in [-0.25, -0.2) is 0 Å². The Kier molecular flexibility index (Phi) is 10.2. The minimum Gasteiger partial charge on any atom is -0.490 e. The van der Waals surface area contributed by atoms with Gasteiger partial charge in [0.05, 0.1) is 42.5 Å². The Morgan fingerprint density at radius 1 is 0.730 bits per heavy atom. The molecule has 2 saturated carbocycles. The van der Waals surface area contributed by atoms with E-state index >= 15 is 0 Å². The van der Waals surface area contributed by atoms with Crippen LogP contribution in [0.25, 0.3) is 11.1 Å². The van der Waals surface area contributed by atoms with Gasteiger partial charge in [0.2, 0.25) is 0 Å². The Bertz CT molecular complexity index is 966. The zero-order valence-electron chi connectivity index (χ0n) is 24.0. The van der Waals surface area contributed by atoms with Crippen molar-refractivity contribution in [1.82, 2.24) is 0 Å². The molecule has 0 aromatic heterocycles. The van der Waals surface area contributed by atoms with Gasteiger partial charge in [0.25, 0.3) is 0 Å². The fourth-order valence-corrected chi connectivity index (χ4v) is 13.3. The molecule has 0 unspecified atom stereocenters. The van der Waals surface area contributed by atoms with E-state index in [1.807, 2.05) is 0 Å². The van der Waals surface area contributed by atoms with Crippen molar-refractivity contribution in [2.75, 3.05) is 6.16 Å². The Hall–Kier alpha value is -1.79. The SMILES string of the molecule is CC=CC[P+](c1ccccc1-c1c(OC(C)C)cccc1OC(C)C)(C1CCCCC1)C1CCCCC1. The smallest absolute Gasteiger partial charge is 0.131 e. The van der Waals surface area contributed by atoms with Gasteiger partial charge >= 0.3 is 0 Å². The molecule has 3 heteroatoms. The second kappa shape index (κ2) is 13.3. The van der Waals surface area contributed by atoms with Crippen LogP contribution in [0.5, 0.6) is 11.5 Å². The Morgan fingerprint density at radius 3 is 1.73 bits per heavy atom. The Morgan fingerprint density at radius 2 is 1.24 bits per heavy atom. The largest absolute Gasteiger partial charge is 0.490 e. The van der Waals surface area contributed by atoms with Gasteiger partial charge in [-0.1, -0.05) is 49.3 Å². The highest BCUT2D eigenvalue weighted by Crippen LogP contribution is 2.72. The van der Waals surface area contributed by atoms with Gasteiger partial charge in [0.1, 0.15) is 16.8 Å². The van der Waals surface area contributed by atoms with Crippen LogP contribution in [0.15, 0.2) is 54.6 Å². The number of allylic oxidation sites excluding steroid dienone is 2. The summed E-state index contributed by atoms with van der Waals surface area (Å²) < 4.78 is 13.0. The quantitative estimate of drug-likeness (QED) is 0.229. The van der Waals surface area contributed by atoms with Crippen LogP contribution in [-0.4, -0.2) is 29.7 Å². The third kappa shape index (κ3) is 6.44. The maximum atomic E-state index is 6.48. The lowest BCUT2D eigenvalue weighted by Crippen LogP contribution is -2.37. The monoisotopic (exact) mass is 521 g/mol. The highest BCUT2D eigenvalue weighted by atomic mass is 31.2. The van der Waals surface area contributed by atoms with E-state index < -0.39 is 7.26 Å². The van der Waals surface area contributed by atoms with E-state index in [4.69, 9.17) is 9.47 Å². The molecule has 0 aliphatic heterocycles. The van der Waals surface area contributed by atoms with Gasteiger partial charge in [-0.3, -0.25) is 0 Å². The zero-order chi connectivity index (χ0) is 26.3. The van der Waals surface area contributed by atoms with E-state index in [1.165, 1.54) is 75.9 Å². The maximum Gasteiger partial charge on any atom is 0.131 e. The molecule has 37 heavy (non-hydrogen) atoms. The summed E-state index contributed by atoms with van der Waals surface area (Å²) >= 11 is 0. The number of hydrogen-bond acceptors (Lipinski definition) is 2. The molecular weight excluding hydrogens is 471 g/mol. The van der Waals surface area contributed by atoms with Gasteiger partial charge in [-0.15, -0.1) is 0 Å². The first-order valence-corrected chi connectivity index (χ1v) is 17.1. The number of hydrogen-bond donors (Lipinski definition) is 0. The molecule has 0 radical (unpaired) electrons. The fraction of sp³-hybridized carbons (Fsp3) is 0.588. The van der Waals surface area contributed by atoms with Crippen molar-refractivity contribution in [3.8, 4) is 22.6 Å². The van der Waals surface area contributed by atoms with Gasteiger partial charge in [0, 0.05) is 5.56 Å². The molecule has 0 bridgehead atoms. The Balaban J connectivity index is 1.98. The van der Waals surface area contributed by atoms with Crippen LogP contribution in [-0.2, 0) is 0 Å². The number of rotatable bonds is 10. The summed E-state index contributed by atoms with van der Waals surface area (Å²) in [4.78, 5) is 0. The summed E-state index contributed by atoms with van der Waals surface area (Å²) in [6, 6.07) is 15.8. The van der Waals surface area contributed by atoms with Crippen molar-refractivity contribution < 1.29 is 9.47 Å². The third-order valence-electron chi connectivity index (χ3n) is 8.43. The summed E-state index contributed by atoms with van der Waals surface area (Å²) in [5.41, 5.74) is 4.18.